The standard InChI is InChI=1S/C22H24N4O3/c1-14-8-9-16(15(2)12-14)23-20(27)13-19-21(28)25(10-11-29-3)22-24-17-6-4-5-7-18(17)26(19)22/h4-9,12,19H,10-11,13H2,1-3H3,(H,23,27). The first-order chi connectivity index (χ1) is 14.0. The smallest absolute Gasteiger partial charge is 0.253 e. The van der Waals surface area contributed by atoms with Crippen LogP contribution in [0.4, 0.5) is 11.6 Å². The Balaban J connectivity index is 1.63. The largest absolute Gasteiger partial charge is 0.383 e. The van der Waals surface area contributed by atoms with E-state index < -0.39 is 6.04 Å². The molecule has 29 heavy (non-hydrogen) atoms. The van der Waals surface area contributed by atoms with Crippen molar-refractivity contribution in [2.24, 2.45) is 0 Å². The normalized spacial score (nSPS) is 15.8. The Kier molecular flexibility index (Phi) is 5.07. The Hall–Kier alpha value is -3.19. The molecular weight excluding hydrogens is 368 g/mol. The Labute approximate surface area is 169 Å². The van der Waals surface area contributed by atoms with Gasteiger partial charge in [-0.3, -0.25) is 19.1 Å². The van der Waals surface area contributed by atoms with Crippen molar-refractivity contribution in [3.8, 4) is 0 Å². The van der Waals surface area contributed by atoms with Crippen LogP contribution in [0.3, 0.4) is 0 Å². The van der Waals surface area contributed by atoms with Gasteiger partial charge in [-0.05, 0) is 37.6 Å². The van der Waals surface area contributed by atoms with Crippen LogP contribution >= 0.6 is 0 Å². The van der Waals surface area contributed by atoms with Crippen LogP contribution in [0.1, 0.15) is 23.6 Å². The molecule has 7 nitrogen and oxygen atoms in total. The average Bonchev–Trinajstić information content (AvgIpc) is 3.18. The van der Waals surface area contributed by atoms with Gasteiger partial charge in [-0.25, -0.2) is 4.98 Å². The van der Waals surface area contributed by atoms with E-state index in [1.807, 2.05) is 60.9 Å². The molecule has 2 heterocycles. The van der Waals surface area contributed by atoms with Crippen molar-refractivity contribution in [3.63, 3.8) is 0 Å². The van der Waals surface area contributed by atoms with E-state index in [1.165, 1.54) is 0 Å². The Bertz CT molecular complexity index is 1090. The molecule has 3 aromatic rings. The number of para-hydroxylation sites is 2. The zero-order valence-corrected chi connectivity index (χ0v) is 16.8. The van der Waals surface area contributed by atoms with Crippen LogP contribution in [0.15, 0.2) is 42.5 Å². The molecule has 0 radical (unpaired) electrons. The van der Waals surface area contributed by atoms with Gasteiger partial charge >= 0.3 is 0 Å². The number of methoxy groups -OCH3 is 1. The molecule has 1 N–H and O–H groups in total. The fraction of sp³-hybridized carbons (Fsp3) is 0.318. The summed E-state index contributed by atoms with van der Waals surface area (Å²) in [7, 11) is 1.60. The highest BCUT2D eigenvalue weighted by molar-refractivity contribution is 6.05. The maximum atomic E-state index is 13.1. The molecule has 1 aliphatic heterocycles. The number of hydrogen-bond donors (Lipinski definition) is 1. The number of anilines is 2. The molecule has 2 aromatic carbocycles. The minimum absolute atomic E-state index is 0.0446. The van der Waals surface area contributed by atoms with Crippen molar-refractivity contribution < 1.29 is 14.3 Å². The third kappa shape index (κ3) is 3.49. The minimum Gasteiger partial charge on any atom is -0.383 e. The van der Waals surface area contributed by atoms with Crippen LogP contribution in [-0.2, 0) is 14.3 Å². The van der Waals surface area contributed by atoms with Crippen molar-refractivity contribution in [1.29, 1.82) is 0 Å². The third-order valence-electron chi connectivity index (χ3n) is 5.24. The number of carbonyl (C=O) groups is 2. The molecule has 7 heteroatoms. The van der Waals surface area contributed by atoms with Crippen LogP contribution in [0.2, 0.25) is 0 Å². The van der Waals surface area contributed by atoms with E-state index in [1.54, 1.807) is 12.0 Å². The van der Waals surface area contributed by atoms with Gasteiger partial charge in [-0.2, -0.15) is 0 Å². The SMILES string of the molecule is COCCN1C(=O)C(CC(=O)Nc2ccc(C)cc2C)n2c1nc1ccccc12. The molecule has 0 aliphatic carbocycles. The average molecular weight is 392 g/mol. The zero-order chi connectivity index (χ0) is 20.5. The third-order valence-corrected chi connectivity index (χ3v) is 5.24. The number of aromatic nitrogens is 2. The molecule has 150 valence electrons. The van der Waals surface area contributed by atoms with Crippen molar-refractivity contribution in [2.75, 3.05) is 30.5 Å². The summed E-state index contributed by atoms with van der Waals surface area (Å²) in [5.41, 5.74) is 4.54. The first kappa shape index (κ1) is 19.1. The number of amides is 2. The first-order valence-corrected chi connectivity index (χ1v) is 9.64. The van der Waals surface area contributed by atoms with Gasteiger partial charge in [0.05, 0.1) is 30.6 Å². The number of carbonyl (C=O) groups excluding carboxylic acids is 2. The van der Waals surface area contributed by atoms with Gasteiger partial charge < -0.3 is 10.1 Å². The topological polar surface area (TPSA) is 76.5 Å². The number of fused-ring (bicyclic) bond motifs is 3. The summed E-state index contributed by atoms with van der Waals surface area (Å²) >= 11 is 0. The van der Waals surface area contributed by atoms with Gasteiger partial charge in [0.1, 0.15) is 6.04 Å². The molecule has 0 saturated heterocycles. The Morgan fingerprint density at radius 1 is 1.21 bits per heavy atom. The van der Waals surface area contributed by atoms with Gasteiger partial charge in [0, 0.05) is 12.8 Å². The molecule has 1 aliphatic rings. The maximum Gasteiger partial charge on any atom is 0.253 e. The molecule has 1 unspecified atom stereocenters. The molecule has 1 aromatic heterocycles. The fourth-order valence-corrected chi connectivity index (χ4v) is 3.82. The van der Waals surface area contributed by atoms with E-state index in [-0.39, 0.29) is 18.2 Å². The van der Waals surface area contributed by atoms with Crippen LogP contribution in [0, 0.1) is 13.8 Å². The Morgan fingerprint density at radius 3 is 2.76 bits per heavy atom. The molecule has 0 spiro atoms. The van der Waals surface area contributed by atoms with E-state index in [4.69, 9.17) is 4.74 Å². The van der Waals surface area contributed by atoms with E-state index in [0.29, 0.717) is 19.1 Å². The summed E-state index contributed by atoms with van der Waals surface area (Å²) in [6, 6.07) is 12.9. The molecule has 4 rings (SSSR count). The predicted octanol–water partition coefficient (Wildman–Crippen LogP) is 3.22. The number of nitrogens with one attached hydrogen (secondary N) is 1. The zero-order valence-electron chi connectivity index (χ0n) is 16.8. The molecule has 2 amide bonds. The second-order valence-corrected chi connectivity index (χ2v) is 7.34. The summed E-state index contributed by atoms with van der Waals surface area (Å²) in [5.74, 6) is 0.233. The van der Waals surface area contributed by atoms with Crippen molar-refractivity contribution in [3.05, 3.63) is 53.6 Å². The molecule has 1 atom stereocenters. The van der Waals surface area contributed by atoms with Crippen molar-refractivity contribution >= 4 is 34.5 Å². The summed E-state index contributed by atoms with van der Waals surface area (Å²) in [6.45, 7) is 4.76. The molecule has 0 fully saturated rings. The molecular formula is C22H24N4O3. The Morgan fingerprint density at radius 2 is 2.00 bits per heavy atom. The predicted molar refractivity (Wildman–Crippen MR) is 112 cm³/mol. The number of ether oxygens (including phenoxy) is 1. The van der Waals surface area contributed by atoms with E-state index in [2.05, 4.69) is 10.3 Å². The van der Waals surface area contributed by atoms with Crippen molar-refractivity contribution in [2.45, 2.75) is 26.3 Å². The second kappa shape index (κ2) is 7.67. The highest BCUT2D eigenvalue weighted by atomic mass is 16.5. The van der Waals surface area contributed by atoms with Gasteiger partial charge in [-0.15, -0.1) is 0 Å². The summed E-state index contributed by atoms with van der Waals surface area (Å²) < 4.78 is 7.02. The summed E-state index contributed by atoms with van der Waals surface area (Å²) in [4.78, 5) is 32.1. The second-order valence-electron chi connectivity index (χ2n) is 7.34. The highest BCUT2D eigenvalue weighted by Crippen LogP contribution is 2.36. The van der Waals surface area contributed by atoms with Gasteiger partial charge in [-0.1, -0.05) is 29.8 Å². The molecule has 0 bridgehead atoms. The lowest BCUT2D eigenvalue weighted by Gasteiger charge is -2.16. The van der Waals surface area contributed by atoms with Crippen LogP contribution < -0.4 is 10.2 Å². The number of nitrogens with zero attached hydrogens (tertiary/aromatic N) is 3. The lowest BCUT2D eigenvalue weighted by Crippen LogP contribution is -2.33. The van der Waals surface area contributed by atoms with Gasteiger partial charge in [0.15, 0.2) is 0 Å². The van der Waals surface area contributed by atoms with Crippen molar-refractivity contribution in [1.82, 2.24) is 9.55 Å². The summed E-state index contributed by atoms with van der Waals surface area (Å²) in [5, 5.41) is 2.95. The number of imidazole rings is 1. The van der Waals surface area contributed by atoms with E-state index in [9.17, 15) is 9.59 Å². The fourth-order valence-electron chi connectivity index (χ4n) is 3.82. The monoisotopic (exact) mass is 392 g/mol. The van der Waals surface area contributed by atoms with Gasteiger partial charge in [0.25, 0.3) is 5.91 Å². The number of aryl methyl sites for hydroxylation is 2. The highest BCUT2D eigenvalue weighted by Gasteiger charge is 2.40. The van der Waals surface area contributed by atoms with E-state index in [0.717, 1.165) is 27.8 Å². The lowest BCUT2D eigenvalue weighted by atomic mass is 10.1. The number of rotatable bonds is 6. The van der Waals surface area contributed by atoms with E-state index >= 15 is 0 Å². The summed E-state index contributed by atoms with van der Waals surface area (Å²) in [6.07, 6.45) is 0.0446. The number of hydrogen-bond acceptors (Lipinski definition) is 4. The van der Waals surface area contributed by atoms with Crippen LogP contribution in [0.5, 0.6) is 0 Å². The number of benzene rings is 2. The first-order valence-electron chi connectivity index (χ1n) is 9.64. The quantitative estimate of drug-likeness (QED) is 0.699. The lowest BCUT2D eigenvalue weighted by molar-refractivity contribution is -0.124. The molecule has 0 saturated carbocycles. The van der Waals surface area contributed by atoms with Gasteiger partial charge in [0.2, 0.25) is 11.9 Å². The minimum atomic E-state index is -0.625. The maximum absolute atomic E-state index is 13.1. The van der Waals surface area contributed by atoms with Crippen LogP contribution in [0.25, 0.3) is 11.0 Å². The van der Waals surface area contributed by atoms with Crippen LogP contribution in [-0.4, -0.2) is 41.6 Å².